The molecule has 2 aromatic heterocycles. The van der Waals surface area contributed by atoms with Crippen LogP contribution in [-0.4, -0.2) is 73.7 Å². The highest BCUT2D eigenvalue weighted by Gasteiger charge is 2.46. The molecular formula is C36H31F5N4O6. The maximum Gasteiger partial charge on any atom is 0.411 e. The maximum atomic E-state index is 15.3. The van der Waals surface area contributed by atoms with Crippen LogP contribution >= 0.6 is 0 Å². The van der Waals surface area contributed by atoms with Crippen LogP contribution in [0.3, 0.4) is 0 Å². The SMILES string of the molecule is COC(=O)[C@H](Cc1ccc(-c2c(OC)c3ccccc3n(C)c2=O)c2ncccc12)NC(=O)c1c(F)cc(N2CCOC[C@H]2C(F)(F)F)cc1F. The monoisotopic (exact) mass is 710 g/mol. The predicted molar refractivity (Wildman–Crippen MR) is 178 cm³/mol. The number of esters is 1. The molecule has 1 saturated heterocycles. The molecule has 0 saturated carbocycles. The molecule has 1 fully saturated rings. The van der Waals surface area contributed by atoms with Gasteiger partial charge in [0.25, 0.3) is 11.5 Å². The molecule has 2 atom stereocenters. The minimum atomic E-state index is -4.74. The van der Waals surface area contributed by atoms with Crippen molar-refractivity contribution < 1.29 is 45.8 Å². The van der Waals surface area contributed by atoms with Gasteiger partial charge in [-0.15, -0.1) is 0 Å². The van der Waals surface area contributed by atoms with E-state index in [-0.39, 0.29) is 30.7 Å². The number of fused-ring (bicyclic) bond motifs is 2. The number of alkyl halides is 3. The Bertz CT molecular complexity index is 2200. The highest BCUT2D eigenvalue weighted by molar-refractivity contribution is 6.02. The number of ether oxygens (including phenoxy) is 3. The Labute approximate surface area is 287 Å². The van der Waals surface area contributed by atoms with Crippen LogP contribution in [0, 0.1) is 11.6 Å². The zero-order valence-electron chi connectivity index (χ0n) is 27.5. The lowest BCUT2D eigenvalue weighted by Gasteiger charge is -2.38. The Balaban J connectivity index is 1.35. The Morgan fingerprint density at radius 1 is 1.04 bits per heavy atom. The molecule has 1 aliphatic heterocycles. The summed E-state index contributed by atoms with van der Waals surface area (Å²) in [5.74, 6) is -4.78. The number of methoxy groups -OCH3 is 2. The van der Waals surface area contributed by atoms with Crippen molar-refractivity contribution in [1.29, 1.82) is 0 Å². The first kappa shape index (κ1) is 35.3. The molecule has 0 unspecified atom stereocenters. The van der Waals surface area contributed by atoms with E-state index in [2.05, 4.69) is 10.3 Å². The summed E-state index contributed by atoms with van der Waals surface area (Å²) < 4.78 is 88.5. The minimum absolute atomic E-state index is 0.101. The van der Waals surface area contributed by atoms with E-state index in [1.54, 1.807) is 43.4 Å². The summed E-state index contributed by atoms with van der Waals surface area (Å²) in [5.41, 5.74) is 0.331. The molecule has 1 N–H and O–H groups in total. The number of morpholine rings is 1. The van der Waals surface area contributed by atoms with Gasteiger partial charge in [0, 0.05) is 48.2 Å². The molecule has 0 spiro atoms. The van der Waals surface area contributed by atoms with Crippen molar-refractivity contribution in [2.75, 3.05) is 38.9 Å². The fourth-order valence-corrected chi connectivity index (χ4v) is 6.44. The average Bonchev–Trinajstić information content (AvgIpc) is 3.12. The lowest BCUT2D eigenvalue weighted by Crippen LogP contribution is -2.53. The molecule has 3 aromatic carbocycles. The molecule has 3 heterocycles. The van der Waals surface area contributed by atoms with Crippen LogP contribution in [0.4, 0.5) is 27.6 Å². The average molecular weight is 711 g/mol. The number of nitrogens with zero attached hydrogens (tertiary/aromatic N) is 3. The quantitative estimate of drug-likeness (QED) is 0.170. The van der Waals surface area contributed by atoms with E-state index in [0.29, 0.717) is 50.8 Å². The molecule has 51 heavy (non-hydrogen) atoms. The van der Waals surface area contributed by atoms with Gasteiger partial charge in [-0.3, -0.25) is 14.6 Å². The van der Waals surface area contributed by atoms with Gasteiger partial charge in [0.2, 0.25) is 0 Å². The normalized spacial score (nSPS) is 15.5. The van der Waals surface area contributed by atoms with Gasteiger partial charge in [-0.2, -0.15) is 13.2 Å². The van der Waals surface area contributed by atoms with Crippen molar-refractivity contribution in [2.24, 2.45) is 7.05 Å². The first-order valence-electron chi connectivity index (χ1n) is 15.7. The van der Waals surface area contributed by atoms with E-state index in [0.717, 1.165) is 12.0 Å². The molecule has 15 heteroatoms. The van der Waals surface area contributed by atoms with Gasteiger partial charge in [0.1, 0.15) is 35.0 Å². The fourth-order valence-electron chi connectivity index (χ4n) is 6.44. The molecule has 1 aliphatic rings. The van der Waals surface area contributed by atoms with Gasteiger partial charge in [-0.05, 0) is 35.9 Å². The fraction of sp³-hybridized carbons (Fsp3) is 0.278. The van der Waals surface area contributed by atoms with E-state index in [4.69, 9.17) is 14.2 Å². The summed E-state index contributed by atoms with van der Waals surface area (Å²) in [7, 11) is 4.17. The van der Waals surface area contributed by atoms with E-state index in [9.17, 15) is 27.6 Å². The number of hydrogen-bond acceptors (Lipinski definition) is 8. The number of halogens is 5. The lowest BCUT2D eigenvalue weighted by atomic mass is 9.94. The van der Waals surface area contributed by atoms with Crippen LogP contribution in [0.1, 0.15) is 15.9 Å². The van der Waals surface area contributed by atoms with Crippen molar-refractivity contribution in [3.8, 4) is 16.9 Å². The maximum absolute atomic E-state index is 15.3. The van der Waals surface area contributed by atoms with Crippen LogP contribution in [0.15, 0.2) is 71.7 Å². The van der Waals surface area contributed by atoms with Gasteiger partial charge in [-0.25, -0.2) is 13.6 Å². The first-order valence-corrected chi connectivity index (χ1v) is 15.7. The Morgan fingerprint density at radius 2 is 1.75 bits per heavy atom. The van der Waals surface area contributed by atoms with Crippen LogP contribution in [0.5, 0.6) is 5.75 Å². The standard InChI is InChI=1S/C36H31F5N4O6/c1-44-27-9-5-4-7-22(27)32(49-2)29(34(44)47)23-11-10-19(21-8-6-12-42-31(21)23)15-26(35(48)50-3)43-33(46)30-24(37)16-20(17-25(30)38)45-13-14-51-18-28(45)36(39,40)41/h4-12,16-17,26,28H,13-15,18H2,1-3H3,(H,43,46)/t26-,28-/m0/s1. The zero-order chi connectivity index (χ0) is 36.6. The van der Waals surface area contributed by atoms with Crippen LogP contribution in [0.25, 0.3) is 32.9 Å². The molecule has 5 aromatic rings. The number of hydrogen-bond donors (Lipinski definition) is 1. The second kappa shape index (κ2) is 14.0. The van der Waals surface area contributed by atoms with E-state index in [1.165, 1.54) is 17.9 Å². The third kappa shape index (κ3) is 6.56. The molecule has 6 rings (SSSR count). The van der Waals surface area contributed by atoms with E-state index in [1.807, 2.05) is 12.1 Å². The molecule has 0 aliphatic carbocycles. The smallest absolute Gasteiger partial charge is 0.411 e. The van der Waals surface area contributed by atoms with Crippen molar-refractivity contribution in [2.45, 2.75) is 24.7 Å². The van der Waals surface area contributed by atoms with Gasteiger partial charge < -0.3 is 29.0 Å². The Kier molecular flexibility index (Phi) is 9.66. The van der Waals surface area contributed by atoms with Crippen LogP contribution < -0.4 is 20.5 Å². The number of para-hydroxylation sites is 1. The largest absolute Gasteiger partial charge is 0.495 e. The number of amides is 1. The third-order valence-corrected chi connectivity index (χ3v) is 8.90. The summed E-state index contributed by atoms with van der Waals surface area (Å²) in [6.45, 7) is -1.12. The highest BCUT2D eigenvalue weighted by Crippen LogP contribution is 2.38. The summed E-state index contributed by atoms with van der Waals surface area (Å²) in [4.78, 5) is 45.2. The summed E-state index contributed by atoms with van der Waals surface area (Å²) in [6, 6.07) is 11.5. The first-order chi connectivity index (χ1) is 24.3. The Hall–Kier alpha value is -5.57. The Morgan fingerprint density at radius 3 is 2.43 bits per heavy atom. The summed E-state index contributed by atoms with van der Waals surface area (Å²) >= 11 is 0. The topological polar surface area (TPSA) is 112 Å². The summed E-state index contributed by atoms with van der Waals surface area (Å²) in [6.07, 6.45) is -3.45. The van der Waals surface area contributed by atoms with Gasteiger partial charge in [0.05, 0.1) is 44.0 Å². The molecule has 0 bridgehead atoms. The number of pyridine rings is 2. The third-order valence-electron chi connectivity index (χ3n) is 8.90. The predicted octanol–water partition coefficient (Wildman–Crippen LogP) is 5.32. The molecule has 266 valence electrons. The van der Waals surface area contributed by atoms with Gasteiger partial charge >= 0.3 is 12.1 Å². The van der Waals surface area contributed by atoms with Gasteiger partial charge in [0.15, 0.2) is 0 Å². The number of carbonyl (C=O) groups excluding carboxylic acids is 2. The van der Waals surface area contributed by atoms with E-state index >= 15 is 8.78 Å². The molecule has 0 radical (unpaired) electrons. The molecule has 10 nitrogen and oxygen atoms in total. The van der Waals surface area contributed by atoms with Crippen LogP contribution in [0.2, 0.25) is 0 Å². The van der Waals surface area contributed by atoms with E-state index < -0.39 is 59.6 Å². The molecule has 1 amide bonds. The number of aryl methyl sites for hydroxylation is 1. The van der Waals surface area contributed by atoms with Crippen molar-refractivity contribution in [3.05, 3.63) is 100.0 Å². The number of anilines is 1. The van der Waals surface area contributed by atoms with Crippen molar-refractivity contribution >= 4 is 39.4 Å². The number of aromatic nitrogens is 2. The number of benzene rings is 3. The van der Waals surface area contributed by atoms with Crippen molar-refractivity contribution in [1.82, 2.24) is 14.9 Å². The number of carbonyl (C=O) groups is 2. The number of rotatable bonds is 8. The van der Waals surface area contributed by atoms with Crippen molar-refractivity contribution in [3.63, 3.8) is 0 Å². The minimum Gasteiger partial charge on any atom is -0.495 e. The van der Waals surface area contributed by atoms with Gasteiger partial charge in [-0.1, -0.05) is 30.3 Å². The molecular weight excluding hydrogens is 679 g/mol. The number of nitrogens with one attached hydrogen (secondary N) is 1. The second-order valence-electron chi connectivity index (χ2n) is 11.8. The lowest BCUT2D eigenvalue weighted by molar-refractivity contribution is -0.167. The summed E-state index contributed by atoms with van der Waals surface area (Å²) in [5, 5.41) is 3.50. The zero-order valence-corrected chi connectivity index (χ0v) is 27.5. The van der Waals surface area contributed by atoms with Crippen LogP contribution in [-0.2, 0) is 27.7 Å². The highest BCUT2D eigenvalue weighted by atomic mass is 19.4. The second-order valence-corrected chi connectivity index (χ2v) is 11.8.